The van der Waals surface area contributed by atoms with Gasteiger partial charge in [-0.25, -0.2) is 0 Å². The van der Waals surface area contributed by atoms with Crippen molar-refractivity contribution >= 4 is 47.4 Å². The van der Waals surface area contributed by atoms with Gasteiger partial charge in [0.15, 0.2) is 5.96 Å². The summed E-state index contributed by atoms with van der Waals surface area (Å²) in [5, 5.41) is 3.87. The third-order valence-corrected chi connectivity index (χ3v) is 4.22. The van der Waals surface area contributed by atoms with E-state index in [0.29, 0.717) is 12.5 Å². The second-order valence-electron chi connectivity index (χ2n) is 5.83. The van der Waals surface area contributed by atoms with E-state index in [9.17, 15) is 4.79 Å². The van der Waals surface area contributed by atoms with E-state index in [2.05, 4.69) is 10.3 Å². The van der Waals surface area contributed by atoms with Gasteiger partial charge in [0.05, 0.1) is 6.54 Å². The molecule has 0 aromatic heterocycles. The number of likely N-dealkylation sites (tertiary alicyclic amines) is 1. The molecule has 1 fully saturated rings. The van der Waals surface area contributed by atoms with Crippen molar-refractivity contribution in [3.63, 3.8) is 0 Å². The molecule has 0 aliphatic carbocycles. The first-order valence-electron chi connectivity index (χ1n) is 8.04. The van der Waals surface area contributed by atoms with Crippen molar-refractivity contribution in [2.75, 3.05) is 33.7 Å². The number of nitrogens with one attached hydrogen (secondary N) is 1. The molecule has 1 aliphatic heterocycles. The molecule has 0 atom stereocenters. The van der Waals surface area contributed by atoms with E-state index in [1.165, 1.54) is 6.42 Å². The standard InChI is InChI=1S/C17H25ClN4O.HI/c1-19-17(20-12-16(23)22-9-4-3-5-10-22)21(2)13-14-7-6-8-15(18)11-14;/h6-8,11H,3-5,9-10,12-13H2,1-2H3,(H,19,20);1H. The minimum atomic E-state index is 0. The van der Waals surface area contributed by atoms with Gasteiger partial charge >= 0.3 is 0 Å². The molecule has 1 heterocycles. The number of hydrogen-bond donors (Lipinski definition) is 1. The highest BCUT2D eigenvalue weighted by Gasteiger charge is 2.17. The third-order valence-electron chi connectivity index (χ3n) is 3.99. The molecule has 1 saturated heterocycles. The molecule has 1 aromatic rings. The fourth-order valence-corrected chi connectivity index (χ4v) is 2.99. The van der Waals surface area contributed by atoms with Crippen LogP contribution >= 0.6 is 35.6 Å². The summed E-state index contributed by atoms with van der Waals surface area (Å²) < 4.78 is 0. The van der Waals surface area contributed by atoms with E-state index >= 15 is 0 Å². The molecular weight excluding hydrogens is 439 g/mol. The summed E-state index contributed by atoms with van der Waals surface area (Å²) >= 11 is 6.02. The summed E-state index contributed by atoms with van der Waals surface area (Å²) in [7, 11) is 3.67. The topological polar surface area (TPSA) is 47.9 Å². The van der Waals surface area contributed by atoms with Crippen molar-refractivity contribution in [3.05, 3.63) is 34.9 Å². The summed E-state index contributed by atoms with van der Waals surface area (Å²) in [4.78, 5) is 20.4. The molecule has 5 nitrogen and oxygen atoms in total. The molecule has 0 saturated carbocycles. The van der Waals surface area contributed by atoms with Gasteiger partial charge in [-0.15, -0.1) is 24.0 Å². The third kappa shape index (κ3) is 6.47. The molecule has 0 spiro atoms. The quantitative estimate of drug-likeness (QED) is 0.423. The molecule has 1 amide bonds. The maximum absolute atomic E-state index is 12.2. The molecule has 134 valence electrons. The fourth-order valence-electron chi connectivity index (χ4n) is 2.78. The Morgan fingerprint density at radius 1 is 1.33 bits per heavy atom. The van der Waals surface area contributed by atoms with Crippen LogP contribution in [0.15, 0.2) is 29.3 Å². The molecule has 24 heavy (non-hydrogen) atoms. The second-order valence-corrected chi connectivity index (χ2v) is 6.26. The van der Waals surface area contributed by atoms with E-state index < -0.39 is 0 Å². The number of rotatable bonds is 4. The SMILES string of the molecule is CN=C(NCC(=O)N1CCCCC1)N(C)Cc1cccc(Cl)c1.I. The molecule has 2 rings (SSSR count). The zero-order chi connectivity index (χ0) is 16.7. The zero-order valence-corrected chi connectivity index (χ0v) is 17.4. The Morgan fingerprint density at radius 2 is 2.04 bits per heavy atom. The van der Waals surface area contributed by atoms with Crippen LogP contribution in [0.5, 0.6) is 0 Å². The Morgan fingerprint density at radius 3 is 2.67 bits per heavy atom. The van der Waals surface area contributed by atoms with Crippen molar-refractivity contribution in [2.45, 2.75) is 25.8 Å². The Balaban J connectivity index is 0.00000288. The first kappa shape index (κ1) is 21.0. The van der Waals surface area contributed by atoms with Gasteiger partial charge in [0.1, 0.15) is 0 Å². The van der Waals surface area contributed by atoms with Crippen LogP contribution in [-0.2, 0) is 11.3 Å². The second kappa shape index (κ2) is 10.8. The van der Waals surface area contributed by atoms with Crippen LogP contribution in [0.25, 0.3) is 0 Å². The molecule has 1 aliphatic rings. The summed E-state index contributed by atoms with van der Waals surface area (Å²) in [6, 6.07) is 7.75. The first-order valence-corrected chi connectivity index (χ1v) is 8.42. The van der Waals surface area contributed by atoms with Gasteiger partial charge in [-0.3, -0.25) is 9.79 Å². The van der Waals surface area contributed by atoms with E-state index in [1.807, 2.05) is 41.1 Å². The van der Waals surface area contributed by atoms with E-state index in [-0.39, 0.29) is 36.4 Å². The van der Waals surface area contributed by atoms with Gasteiger partial charge in [0, 0.05) is 38.8 Å². The summed E-state index contributed by atoms with van der Waals surface area (Å²) in [6.07, 6.45) is 3.44. The molecule has 0 radical (unpaired) electrons. The lowest BCUT2D eigenvalue weighted by Gasteiger charge is -2.28. The largest absolute Gasteiger partial charge is 0.347 e. The highest BCUT2D eigenvalue weighted by atomic mass is 127. The Bertz CT molecular complexity index is 561. The molecule has 1 N–H and O–H groups in total. The predicted molar refractivity (Wildman–Crippen MR) is 110 cm³/mol. The molecular formula is C17H26ClIN4O. The highest BCUT2D eigenvalue weighted by molar-refractivity contribution is 14.0. The molecule has 1 aromatic carbocycles. The number of amides is 1. The summed E-state index contributed by atoms with van der Waals surface area (Å²) in [6.45, 7) is 2.71. The van der Waals surface area contributed by atoms with Crippen molar-refractivity contribution < 1.29 is 4.79 Å². The molecule has 0 bridgehead atoms. The predicted octanol–water partition coefficient (Wildman–Crippen LogP) is 2.98. The number of halogens is 2. The monoisotopic (exact) mass is 464 g/mol. The Kier molecular flexibility index (Phi) is 9.43. The number of carbonyl (C=O) groups is 1. The number of hydrogen-bond acceptors (Lipinski definition) is 2. The van der Waals surface area contributed by atoms with Crippen molar-refractivity contribution in [2.24, 2.45) is 4.99 Å². The summed E-state index contributed by atoms with van der Waals surface area (Å²) in [5.74, 6) is 0.845. The van der Waals surface area contributed by atoms with Crippen LogP contribution < -0.4 is 5.32 Å². The van der Waals surface area contributed by atoms with Crippen LogP contribution in [-0.4, -0.2) is 55.4 Å². The van der Waals surface area contributed by atoms with Crippen LogP contribution in [0.3, 0.4) is 0 Å². The number of guanidine groups is 1. The van der Waals surface area contributed by atoms with Gasteiger partial charge in [-0.2, -0.15) is 0 Å². The van der Waals surface area contributed by atoms with Crippen LogP contribution in [0.4, 0.5) is 0 Å². The lowest BCUT2D eigenvalue weighted by molar-refractivity contribution is -0.130. The van der Waals surface area contributed by atoms with Crippen LogP contribution in [0, 0.1) is 0 Å². The Hall–Kier alpha value is -1.02. The van der Waals surface area contributed by atoms with Gasteiger partial charge in [0.2, 0.25) is 5.91 Å². The summed E-state index contributed by atoms with van der Waals surface area (Å²) in [5.41, 5.74) is 1.10. The van der Waals surface area contributed by atoms with E-state index in [0.717, 1.165) is 36.5 Å². The van der Waals surface area contributed by atoms with E-state index in [4.69, 9.17) is 11.6 Å². The molecule has 0 unspecified atom stereocenters. The average molecular weight is 465 g/mol. The minimum Gasteiger partial charge on any atom is -0.347 e. The van der Waals surface area contributed by atoms with Gasteiger partial charge in [-0.1, -0.05) is 23.7 Å². The lowest BCUT2D eigenvalue weighted by atomic mass is 10.1. The van der Waals surface area contributed by atoms with Crippen molar-refractivity contribution in [3.8, 4) is 0 Å². The highest BCUT2D eigenvalue weighted by Crippen LogP contribution is 2.12. The molecule has 7 heteroatoms. The average Bonchev–Trinajstić information content (AvgIpc) is 2.56. The first-order chi connectivity index (χ1) is 11.1. The number of carbonyl (C=O) groups excluding carboxylic acids is 1. The van der Waals surface area contributed by atoms with Crippen molar-refractivity contribution in [1.29, 1.82) is 0 Å². The smallest absolute Gasteiger partial charge is 0.241 e. The normalized spacial score (nSPS) is 14.8. The number of benzene rings is 1. The van der Waals surface area contributed by atoms with Gasteiger partial charge < -0.3 is 15.1 Å². The minimum absolute atomic E-state index is 0. The lowest BCUT2D eigenvalue weighted by Crippen LogP contribution is -2.46. The maximum Gasteiger partial charge on any atom is 0.241 e. The van der Waals surface area contributed by atoms with Crippen LogP contribution in [0.2, 0.25) is 5.02 Å². The van der Waals surface area contributed by atoms with Gasteiger partial charge in [0.25, 0.3) is 0 Å². The van der Waals surface area contributed by atoms with E-state index in [1.54, 1.807) is 7.05 Å². The fraction of sp³-hybridized carbons (Fsp3) is 0.529. The zero-order valence-electron chi connectivity index (χ0n) is 14.3. The number of piperidine rings is 1. The maximum atomic E-state index is 12.2. The van der Waals surface area contributed by atoms with Crippen molar-refractivity contribution in [1.82, 2.24) is 15.1 Å². The van der Waals surface area contributed by atoms with Gasteiger partial charge in [-0.05, 0) is 37.0 Å². The number of aliphatic imine (C=N–C) groups is 1. The Labute approximate surface area is 166 Å². The number of nitrogens with zero attached hydrogens (tertiary/aromatic N) is 3. The van der Waals surface area contributed by atoms with Crippen LogP contribution in [0.1, 0.15) is 24.8 Å².